The fourth-order valence-corrected chi connectivity index (χ4v) is 2.94. The third-order valence-corrected chi connectivity index (χ3v) is 3.89. The molecule has 0 heterocycles. The van der Waals surface area contributed by atoms with E-state index in [0.29, 0.717) is 5.02 Å². The lowest BCUT2D eigenvalue weighted by atomic mass is 10.1. The van der Waals surface area contributed by atoms with Gasteiger partial charge in [0.25, 0.3) is 5.91 Å². The van der Waals surface area contributed by atoms with Gasteiger partial charge in [-0.15, -0.1) is 0 Å². The molecule has 2 aromatic carbocycles. The van der Waals surface area contributed by atoms with Crippen molar-refractivity contribution in [2.24, 2.45) is 0 Å². The van der Waals surface area contributed by atoms with Crippen LogP contribution in [-0.4, -0.2) is 5.91 Å². The Labute approximate surface area is 140 Å². The van der Waals surface area contributed by atoms with Crippen LogP contribution in [0.4, 0.5) is 4.39 Å². The summed E-state index contributed by atoms with van der Waals surface area (Å²) < 4.78 is 13.6. The van der Waals surface area contributed by atoms with Gasteiger partial charge in [-0.1, -0.05) is 52.5 Å². The Morgan fingerprint density at radius 2 is 1.67 bits per heavy atom. The molecule has 7 heteroatoms. The first-order valence-electron chi connectivity index (χ1n) is 5.75. The molecule has 0 bridgehead atoms. The average molecular weight is 367 g/mol. The van der Waals surface area contributed by atoms with Crippen molar-refractivity contribution < 1.29 is 9.18 Å². The molecule has 0 radical (unpaired) electrons. The number of carbonyl (C=O) groups excluding carboxylic acids is 1. The second kappa shape index (κ2) is 6.84. The van der Waals surface area contributed by atoms with Crippen molar-refractivity contribution in [3.8, 4) is 0 Å². The summed E-state index contributed by atoms with van der Waals surface area (Å²) in [6, 6.07) is 7.08. The van der Waals surface area contributed by atoms with Crippen molar-refractivity contribution in [2.75, 3.05) is 0 Å². The molecule has 0 saturated carbocycles. The zero-order valence-electron chi connectivity index (χ0n) is 10.4. The Bertz CT molecular complexity index is 662. The summed E-state index contributed by atoms with van der Waals surface area (Å²) in [5.41, 5.74) is 0.268. The molecule has 0 spiro atoms. The van der Waals surface area contributed by atoms with Gasteiger partial charge in [0.1, 0.15) is 5.82 Å². The van der Waals surface area contributed by atoms with Crippen molar-refractivity contribution >= 4 is 52.3 Å². The van der Waals surface area contributed by atoms with E-state index in [1.54, 1.807) is 0 Å². The van der Waals surface area contributed by atoms with Crippen LogP contribution in [0.5, 0.6) is 0 Å². The summed E-state index contributed by atoms with van der Waals surface area (Å²) in [7, 11) is 0. The maximum atomic E-state index is 13.6. The van der Waals surface area contributed by atoms with Crippen molar-refractivity contribution in [3.05, 3.63) is 67.4 Å². The molecule has 21 heavy (non-hydrogen) atoms. The van der Waals surface area contributed by atoms with Gasteiger partial charge in [-0.3, -0.25) is 4.79 Å². The number of hydrogen-bond donors (Lipinski definition) is 1. The molecule has 0 atom stereocenters. The number of halogens is 5. The van der Waals surface area contributed by atoms with E-state index in [9.17, 15) is 9.18 Å². The Morgan fingerprint density at radius 1 is 1.05 bits per heavy atom. The fourth-order valence-electron chi connectivity index (χ4n) is 1.72. The molecule has 1 N–H and O–H groups in total. The topological polar surface area (TPSA) is 29.1 Å². The van der Waals surface area contributed by atoms with Crippen LogP contribution in [0, 0.1) is 5.82 Å². The predicted octanol–water partition coefficient (Wildman–Crippen LogP) is 5.37. The summed E-state index contributed by atoms with van der Waals surface area (Å²) in [4.78, 5) is 12.1. The molecule has 0 aliphatic heterocycles. The molecule has 0 saturated heterocycles. The molecular formula is C14H8Cl4FNO. The van der Waals surface area contributed by atoms with Gasteiger partial charge in [0.05, 0.1) is 15.6 Å². The second-order valence-corrected chi connectivity index (χ2v) is 5.79. The molecule has 2 aromatic rings. The van der Waals surface area contributed by atoms with Crippen molar-refractivity contribution in [1.82, 2.24) is 5.32 Å². The Kier molecular flexibility index (Phi) is 5.33. The average Bonchev–Trinajstić information content (AvgIpc) is 2.36. The van der Waals surface area contributed by atoms with Gasteiger partial charge >= 0.3 is 0 Å². The number of rotatable bonds is 3. The lowest BCUT2D eigenvalue weighted by Gasteiger charge is -2.10. The quantitative estimate of drug-likeness (QED) is 0.777. The highest BCUT2D eigenvalue weighted by atomic mass is 35.5. The summed E-state index contributed by atoms with van der Waals surface area (Å²) in [6.45, 7) is -0.0837. The number of carbonyl (C=O) groups is 1. The lowest BCUT2D eigenvalue weighted by Crippen LogP contribution is -2.24. The molecule has 0 fully saturated rings. The van der Waals surface area contributed by atoms with Crippen LogP contribution in [0.1, 0.15) is 15.9 Å². The van der Waals surface area contributed by atoms with E-state index in [1.807, 2.05) is 0 Å². The minimum Gasteiger partial charge on any atom is -0.348 e. The monoisotopic (exact) mass is 365 g/mol. The van der Waals surface area contributed by atoms with Crippen LogP contribution in [0.25, 0.3) is 0 Å². The van der Waals surface area contributed by atoms with E-state index in [-0.39, 0.29) is 32.7 Å². The second-order valence-electron chi connectivity index (χ2n) is 4.13. The largest absolute Gasteiger partial charge is 0.348 e. The Morgan fingerprint density at radius 3 is 2.24 bits per heavy atom. The van der Waals surface area contributed by atoms with Crippen molar-refractivity contribution in [3.63, 3.8) is 0 Å². The predicted molar refractivity (Wildman–Crippen MR) is 84.1 cm³/mol. The van der Waals surface area contributed by atoms with Gasteiger partial charge in [-0.25, -0.2) is 4.39 Å². The smallest absolute Gasteiger partial charge is 0.254 e. The normalized spacial score (nSPS) is 10.5. The maximum absolute atomic E-state index is 13.6. The van der Waals surface area contributed by atoms with Crippen LogP contribution in [0.3, 0.4) is 0 Å². The van der Waals surface area contributed by atoms with Gasteiger partial charge in [0, 0.05) is 22.2 Å². The van der Waals surface area contributed by atoms with E-state index >= 15 is 0 Å². The van der Waals surface area contributed by atoms with Gasteiger partial charge in [0.15, 0.2) is 0 Å². The third kappa shape index (κ3) is 3.80. The molecule has 0 unspecified atom stereocenters. The minimum atomic E-state index is -0.541. The summed E-state index contributed by atoms with van der Waals surface area (Å²) in [6.07, 6.45) is 0. The third-order valence-electron chi connectivity index (χ3n) is 2.72. The maximum Gasteiger partial charge on any atom is 0.254 e. The van der Waals surface area contributed by atoms with Crippen LogP contribution in [0.2, 0.25) is 20.1 Å². The zero-order chi connectivity index (χ0) is 15.6. The minimum absolute atomic E-state index is 0.0789. The molecule has 0 aliphatic carbocycles. The van der Waals surface area contributed by atoms with E-state index in [1.165, 1.54) is 30.3 Å². The highest BCUT2D eigenvalue weighted by Gasteiger charge is 2.17. The zero-order valence-corrected chi connectivity index (χ0v) is 13.4. The summed E-state index contributed by atoms with van der Waals surface area (Å²) >= 11 is 23.5. The van der Waals surface area contributed by atoms with Crippen LogP contribution >= 0.6 is 46.4 Å². The number of nitrogens with one attached hydrogen (secondary N) is 1. The molecule has 2 nitrogen and oxygen atoms in total. The molecule has 0 aliphatic rings. The Balaban J connectivity index is 2.20. The van der Waals surface area contributed by atoms with Crippen LogP contribution in [-0.2, 0) is 6.54 Å². The van der Waals surface area contributed by atoms with Crippen molar-refractivity contribution in [2.45, 2.75) is 6.54 Å². The van der Waals surface area contributed by atoms with E-state index < -0.39 is 11.7 Å². The highest BCUT2D eigenvalue weighted by Crippen LogP contribution is 2.29. The highest BCUT2D eigenvalue weighted by molar-refractivity contribution is 6.42. The number of hydrogen-bond acceptors (Lipinski definition) is 1. The first kappa shape index (κ1) is 16.4. The Hall–Kier alpha value is -1.000. The molecule has 1 amide bonds. The van der Waals surface area contributed by atoms with Crippen LogP contribution < -0.4 is 5.32 Å². The first-order valence-corrected chi connectivity index (χ1v) is 7.27. The standard InChI is InChI=1S/C14H8Cl4FNO/c15-7-4-10(17)13(11(18)5-7)14(21)20-6-8-9(16)2-1-3-12(8)19/h1-5H,6H2,(H,20,21). The first-order chi connectivity index (χ1) is 9.90. The summed E-state index contributed by atoms with van der Waals surface area (Å²) in [5.74, 6) is -1.04. The SMILES string of the molecule is O=C(NCc1c(F)cccc1Cl)c1c(Cl)cc(Cl)cc1Cl. The molecule has 110 valence electrons. The fraction of sp³-hybridized carbons (Fsp3) is 0.0714. The molecule has 2 rings (SSSR count). The van der Waals surface area contributed by atoms with E-state index in [4.69, 9.17) is 46.4 Å². The van der Waals surface area contributed by atoms with Gasteiger partial charge in [-0.2, -0.15) is 0 Å². The lowest BCUT2D eigenvalue weighted by molar-refractivity contribution is 0.0951. The molecule has 0 aromatic heterocycles. The number of benzene rings is 2. The van der Waals surface area contributed by atoms with Gasteiger partial charge < -0.3 is 5.32 Å². The van der Waals surface area contributed by atoms with E-state index in [2.05, 4.69) is 5.32 Å². The van der Waals surface area contributed by atoms with Crippen molar-refractivity contribution in [1.29, 1.82) is 0 Å². The van der Waals surface area contributed by atoms with Gasteiger partial charge in [-0.05, 0) is 24.3 Å². The number of amides is 1. The summed E-state index contributed by atoms with van der Waals surface area (Å²) in [5, 5.41) is 3.30. The van der Waals surface area contributed by atoms with Crippen LogP contribution in [0.15, 0.2) is 30.3 Å². The molecular weight excluding hydrogens is 359 g/mol. The van der Waals surface area contributed by atoms with E-state index in [0.717, 1.165) is 0 Å². The van der Waals surface area contributed by atoms with Gasteiger partial charge in [0.2, 0.25) is 0 Å².